The smallest absolute Gasteiger partial charge is 0.167 e. The van der Waals surface area contributed by atoms with Crippen molar-refractivity contribution in [2.45, 2.75) is 13.2 Å². The van der Waals surface area contributed by atoms with E-state index in [1.807, 2.05) is 30.3 Å². The third-order valence-corrected chi connectivity index (χ3v) is 5.47. The van der Waals surface area contributed by atoms with Gasteiger partial charge in [0.05, 0.1) is 19.2 Å². The Bertz CT molecular complexity index is 962. The van der Waals surface area contributed by atoms with E-state index in [-0.39, 0.29) is 6.61 Å². The Balaban J connectivity index is 1.84. The number of methoxy groups -OCH3 is 2. The predicted molar refractivity (Wildman–Crippen MR) is 117 cm³/mol. The first-order chi connectivity index (χ1) is 14.0. The molecule has 0 heterocycles. The largest absolute Gasteiger partial charge is 0.497 e. The lowest BCUT2D eigenvalue weighted by Crippen LogP contribution is -2.07. The number of rotatable bonds is 8. The van der Waals surface area contributed by atoms with Crippen LogP contribution in [0, 0.1) is 5.82 Å². The van der Waals surface area contributed by atoms with Crippen molar-refractivity contribution in [2.75, 3.05) is 19.5 Å². The molecule has 29 heavy (non-hydrogen) atoms. The minimum Gasteiger partial charge on any atom is -0.497 e. The Kier molecular flexibility index (Phi) is 7.23. The van der Waals surface area contributed by atoms with Crippen LogP contribution in [0.1, 0.15) is 11.1 Å². The van der Waals surface area contributed by atoms with Crippen LogP contribution in [0.4, 0.5) is 10.1 Å². The molecular weight excluding hydrogens is 461 g/mol. The first-order valence-electron chi connectivity index (χ1n) is 8.82. The van der Waals surface area contributed by atoms with E-state index in [2.05, 4.69) is 21.2 Å². The Hall–Kier alpha value is -2.44. The van der Waals surface area contributed by atoms with Crippen LogP contribution < -0.4 is 19.5 Å². The molecule has 0 saturated carbocycles. The van der Waals surface area contributed by atoms with Gasteiger partial charge < -0.3 is 19.5 Å². The monoisotopic (exact) mass is 479 g/mol. The highest BCUT2D eigenvalue weighted by atomic mass is 79.9. The number of hydrogen-bond acceptors (Lipinski definition) is 4. The minimum absolute atomic E-state index is 0.0200. The van der Waals surface area contributed by atoms with Crippen LogP contribution in [-0.2, 0) is 13.2 Å². The topological polar surface area (TPSA) is 39.7 Å². The van der Waals surface area contributed by atoms with E-state index in [1.165, 1.54) is 6.07 Å². The van der Waals surface area contributed by atoms with Crippen LogP contribution in [0.15, 0.2) is 59.1 Å². The van der Waals surface area contributed by atoms with Gasteiger partial charge in [0.15, 0.2) is 11.5 Å². The molecular formula is C22H20BrClFNO3. The maximum absolute atomic E-state index is 14.1. The molecule has 152 valence electrons. The van der Waals surface area contributed by atoms with Crippen molar-refractivity contribution >= 4 is 33.2 Å². The normalized spacial score (nSPS) is 10.5. The van der Waals surface area contributed by atoms with Crippen LogP contribution in [0.3, 0.4) is 0 Å². The highest BCUT2D eigenvalue weighted by Crippen LogP contribution is 2.38. The number of anilines is 1. The standard InChI is InChI=1S/C22H20BrClFNO3/c1-27-15-8-6-14(7-9-15)26-12-16-18(23)10-11-21(28-2)22(16)29-13-17-19(24)4-3-5-20(17)25/h3-11,26H,12-13H2,1-2H3. The number of halogens is 3. The summed E-state index contributed by atoms with van der Waals surface area (Å²) in [5, 5.41) is 3.66. The number of hydrogen-bond donors (Lipinski definition) is 1. The van der Waals surface area contributed by atoms with Gasteiger partial charge in [-0.25, -0.2) is 4.39 Å². The summed E-state index contributed by atoms with van der Waals surface area (Å²) in [6.45, 7) is 0.443. The van der Waals surface area contributed by atoms with Gasteiger partial charge in [-0.15, -0.1) is 0 Å². The maximum atomic E-state index is 14.1. The first-order valence-corrected chi connectivity index (χ1v) is 9.99. The Morgan fingerprint density at radius 1 is 0.966 bits per heavy atom. The van der Waals surface area contributed by atoms with Crippen LogP contribution in [-0.4, -0.2) is 14.2 Å². The Morgan fingerprint density at radius 2 is 1.72 bits per heavy atom. The van der Waals surface area contributed by atoms with Gasteiger partial charge in [-0.05, 0) is 48.5 Å². The van der Waals surface area contributed by atoms with E-state index in [0.717, 1.165) is 21.5 Å². The quantitative estimate of drug-likeness (QED) is 0.402. The molecule has 0 aromatic heterocycles. The van der Waals surface area contributed by atoms with Gasteiger partial charge in [0.1, 0.15) is 18.2 Å². The summed E-state index contributed by atoms with van der Waals surface area (Å²) in [5.74, 6) is 1.43. The van der Waals surface area contributed by atoms with Gasteiger partial charge in [0.25, 0.3) is 0 Å². The molecule has 0 unspecified atom stereocenters. The second kappa shape index (κ2) is 9.85. The molecule has 0 atom stereocenters. The summed E-state index contributed by atoms with van der Waals surface area (Å²) in [6.07, 6.45) is 0. The Morgan fingerprint density at radius 3 is 2.38 bits per heavy atom. The minimum atomic E-state index is -0.413. The van der Waals surface area contributed by atoms with E-state index in [9.17, 15) is 4.39 Å². The summed E-state index contributed by atoms with van der Waals surface area (Å²) in [5.41, 5.74) is 2.06. The molecule has 0 bridgehead atoms. The molecule has 0 radical (unpaired) electrons. The SMILES string of the molecule is COc1ccc(NCc2c(Br)ccc(OC)c2OCc2c(F)cccc2Cl)cc1. The summed E-state index contributed by atoms with van der Waals surface area (Å²) < 4.78 is 31.6. The molecule has 3 rings (SSSR count). The number of benzene rings is 3. The average Bonchev–Trinajstić information content (AvgIpc) is 2.73. The molecule has 1 N–H and O–H groups in total. The van der Waals surface area contributed by atoms with E-state index in [4.69, 9.17) is 25.8 Å². The number of ether oxygens (including phenoxy) is 3. The van der Waals surface area contributed by atoms with E-state index in [1.54, 1.807) is 32.4 Å². The molecule has 3 aromatic carbocycles. The van der Waals surface area contributed by atoms with Crippen molar-refractivity contribution in [3.05, 3.63) is 81.0 Å². The zero-order valence-electron chi connectivity index (χ0n) is 16.0. The lowest BCUT2D eigenvalue weighted by Gasteiger charge is -2.18. The highest BCUT2D eigenvalue weighted by molar-refractivity contribution is 9.10. The second-order valence-corrected chi connectivity index (χ2v) is 7.39. The average molecular weight is 481 g/mol. The summed E-state index contributed by atoms with van der Waals surface area (Å²) in [7, 11) is 3.19. The summed E-state index contributed by atoms with van der Waals surface area (Å²) in [4.78, 5) is 0. The third-order valence-electron chi connectivity index (χ3n) is 4.37. The zero-order chi connectivity index (χ0) is 20.8. The first kappa shape index (κ1) is 21.3. The summed E-state index contributed by atoms with van der Waals surface area (Å²) in [6, 6.07) is 15.8. The van der Waals surface area contributed by atoms with E-state index >= 15 is 0 Å². The van der Waals surface area contributed by atoms with Crippen LogP contribution in [0.5, 0.6) is 17.2 Å². The zero-order valence-corrected chi connectivity index (χ0v) is 18.3. The molecule has 0 amide bonds. The second-order valence-electron chi connectivity index (χ2n) is 6.13. The molecule has 0 saturated heterocycles. The van der Waals surface area contributed by atoms with Crippen LogP contribution in [0.2, 0.25) is 5.02 Å². The van der Waals surface area contributed by atoms with Crippen LogP contribution >= 0.6 is 27.5 Å². The fraction of sp³-hybridized carbons (Fsp3) is 0.182. The molecule has 0 aliphatic carbocycles. The fourth-order valence-electron chi connectivity index (χ4n) is 2.78. The maximum Gasteiger partial charge on any atom is 0.167 e. The molecule has 0 aliphatic heterocycles. The molecule has 3 aromatic rings. The molecule has 4 nitrogen and oxygen atoms in total. The van der Waals surface area contributed by atoms with Crippen LogP contribution in [0.25, 0.3) is 0 Å². The van der Waals surface area contributed by atoms with Gasteiger partial charge >= 0.3 is 0 Å². The van der Waals surface area contributed by atoms with Crippen molar-refractivity contribution < 1.29 is 18.6 Å². The van der Waals surface area contributed by atoms with Crippen molar-refractivity contribution in [2.24, 2.45) is 0 Å². The molecule has 0 aliphatic rings. The highest BCUT2D eigenvalue weighted by Gasteiger charge is 2.17. The third kappa shape index (κ3) is 5.14. The van der Waals surface area contributed by atoms with E-state index in [0.29, 0.717) is 28.6 Å². The molecule has 0 fully saturated rings. The molecule has 7 heteroatoms. The summed E-state index contributed by atoms with van der Waals surface area (Å²) >= 11 is 9.69. The van der Waals surface area contributed by atoms with Crippen molar-refractivity contribution in [1.29, 1.82) is 0 Å². The van der Waals surface area contributed by atoms with Gasteiger partial charge in [-0.3, -0.25) is 0 Å². The van der Waals surface area contributed by atoms with Gasteiger partial charge in [0.2, 0.25) is 0 Å². The van der Waals surface area contributed by atoms with Gasteiger partial charge in [-0.1, -0.05) is 33.6 Å². The van der Waals surface area contributed by atoms with Crippen molar-refractivity contribution in [3.8, 4) is 17.2 Å². The van der Waals surface area contributed by atoms with E-state index < -0.39 is 5.82 Å². The van der Waals surface area contributed by atoms with Gasteiger partial charge in [0, 0.05) is 27.8 Å². The fourth-order valence-corrected chi connectivity index (χ4v) is 3.45. The van der Waals surface area contributed by atoms with Gasteiger partial charge in [-0.2, -0.15) is 0 Å². The lowest BCUT2D eigenvalue weighted by molar-refractivity contribution is 0.277. The predicted octanol–water partition coefficient (Wildman–Crippen LogP) is 6.45. The number of nitrogens with one attached hydrogen (secondary N) is 1. The molecule has 0 spiro atoms. The van der Waals surface area contributed by atoms with Crippen molar-refractivity contribution in [3.63, 3.8) is 0 Å². The Labute approximate surface area is 182 Å². The lowest BCUT2D eigenvalue weighted by atomic mass is 10.1. The van der Waals surface area contributed by atoms with Crippen molar-refractivity contribution in [1.82, 2.24) is 0 Å².